The Labute approximate surface area is 121 Å². The minimum absolute atomic E-state index is 0.187. The average Bonchev–Trinajstić information content (AvgIpc) is 2.41. The van der Waals surface area contributed by atoms with E-state index in [1.54, 1.807) is 0 Å². The van der Waals surface area contributed by atoms with Crippen molar-refractivity contribution in [3.63, 3.8) is 0 Å². The van der Waals surface area contributed by atoms with Gasteiger partial charge in [0, 0.05) is 18.2 Å². The summed E-state index contributed by atoms with van der Waals surface area (Å²) in [6.45, 7) is 0. The molecular weight excluding hydrogens is 248 g/mol. The zero-order valence-electron chi connectivity index (χ0n) is 12.2. The number of benzene rings is 1. The fraction of sp³-hybridized carbons (Fsp3) is 0.588. The van der Waals surface area contributed by atoms with Gasteiger partial charge < -0.3 is 11.1 Å². The fourth-order valence-electron chi connectivity index (χ4n) is 2.84. The lowest BCUT2D eigenvalue weighted by Gasteiger charge is -2.21. The molecule has 2 rings (SSSR count). The highest BCUT2D eigenvalue weighted by Gasteiger charge is 2.13. The van der Waals surface area contributed by atoms with Gasteiger partial charge in [-0.05, 0) is 37.0 Å². The van der Waals surface area contributed by atoms with E-state index in [4.69, 9.17) is 5.73 Å². The first-order valence-corrected chi connectivity index (χ1v) is 7.88. The van der Waals surface area contributed by atoms with Crippen molar-refractivity contribution in [1.82, 2.24) is 5.32 Å². The van der Waals surface area contributed by atoms with Crippen molar-refractivity contribution >= 4 is 11.6 Å². The molecule has 0 aromatic heterocycles. The SMILES string of the molecule is Nc1ccc(CCC(=O)NC2CCCCCCC2)cc1. The number of hydrogen-bond acceptors (Lipinski definition) is 2. The molecule has 3 N–H and O–H groups in total. The van der Waals surface area contributed by atoms with E-state index in [1.807, 2.05) is 24.3 Å². The summed E-state index contributed by atoms with van der Waals surface area (Å²) >= 11 is 0. The number of nitrogens with one attached hydrogen (secondary N) is 1. The summed E-state index contributed by atoms with van der Waals surface area (Å²) in [5.74, 6) is 0.187. The molecule has 3 heteroatoms. The summed E-state index contributed by atoms with van der Waals surface area (Å²) in [6.07, 6.45) is 10.2. The van der Waals surface area contributed by atoms with Gasteiger partial charge in [-0.3, -0.25) is 4.79 Å². The van der Waals surface area contributed by atoms with Gasteiger partial charge in [0.1, 0.15) is 0 Å². The van der Waals surface area contributed by atoms with Crippen LogP contribution in [0.4, 0.5) is 5.69 Å². The summed E-state index contributed by atoms with van der Waals surface area (Å²) in [5, 5.41) is 3.20. The molecule has 1 aromatic carbocycles. The van der Waals surface area contributed by atoms with Gasteiger partial charge >= 0.3 is 0 Å². The van der Waals surface area contributed by atoms with E-state index in [1.165, 1.54) is 37.7 Å². The van der Waals surface area contributed by atoms with Crippen LogP contribution in [0.25, 0.3) is 0 Å². The van der Waals surface area contributed by atoms with E-state index in [9.17, 15) is 4.79 Å². The predicted octanol–water partition coefficient (Wildman–Crippen LogP) is 3.43. The van der Waals surface area contributed by atoms with Gasteiger partial charge in [-0.2, -0.15) is 0 Å². The lowest BCUT2D eigenvalue weighted by Crippen LogP contribution is -2.35. The van der Waals surface area contributed by atoms with Crippen LogP contribution in [0.15, 0.2) is 24.3 Å². The molecule has 1 saturated carbocycles. The van der Waals surface area contributed by atoms with Crippen LogP contribution < -0.4 is 11.1 Å². The second kappa shape index (κ2) is 7.93. The molecule has 1 amide bonds. The average molecular weight is 274 g/mol. The van der Waals surface area contributed by atoms with E-state index in [0.29, 0.717) is 12.5 Å². The lowest BCUT2D eigenvalue weighted by atomic mass is 9.96. The number of anilines is 1. The van der Waals surface area contributed by atoms with Gasteiger partial charge in [0.05, 0.1) is 0 Å². The highest BCUT2D eigenvalue weighted by molar-refractivity contribution is 5.76. The molecule has 0 aliphatic heterocycles. The zero-order valence-corrected chi connectivity index (χ0v) is 12.2. The maximum atomic E-state index is 12.0. The molecule has 20 heavy (non-hydrogen) atoms. The van der Waals surface area contributed by atoms with Gasteiger partial charge in [0.25, 0.3) is 0 Å². The molecule has 1 aromatic rings. The van der Waals surface area contributed by atoms with Crippen LogP contribution in [0.5, 0.6) is 0 Å². The number of nitrogens with two attached hydrogens (primary N) is 1. The molecule has 0 saturated heterocycles. The van der Waals surface area contributed by atoms with Crippen LogP contribution >= 0.6 is 0 Å². The quantitative estimate of drug-likeness (QED) is 0.826. The Morgan fingerprint density at radius 1 is 1.05 bits per heavy atom. The standard InChI is InChI=1S/C17H26N2O/c18-15-11-8-14(9-12-15)10-13-17(20)19-16-6-4-2-1-3-5-7-16/h8-9,11-12,16H,1-7,10,13,18H2,(H,19,20). The molecule has 0 spiro atoms. The third kappa shape index (κ3) is 5.24. The number of amides is 1. The van der Waals surface area contributed by atoms with Crippen molar-refractivity contribution in [2.24, 2.45) is 0 Å². The van der Waals surface area contributed by atoms with Crippen molar-refractivity contribution < 1.29 is 4.79 Å². The summed E-state index contributed by atoms with van der Waals surface area (Å²) in [5.41, 5.74) is 7.60. The van der Waals surface area contributed by atoms with Crippen molar-refractivity contribution in [2.45, 2.75) is 63.8 Å². The van der Waals surface area contributed by atoms with Gasteiger partial charge in [0.15, 0.2) is 0 Å². The molecule has 1 fully saturated rings. The van der Waals surface area contributed by atoms with Crippen molar-refractivity contribution in [3.8, 4) is 0 Å². The number of carbonyl (C=O) groups is 1. The Morgan fingerprint density at radius 2 is 1.65 bits per heavy atom. The van der Waals surface area contributed by atoms with Crippen LogP contribution in [0.1, 0.15) is 56.9 Å². The van der Waals surface area contributed by atoms with Crippen molar-refractivity contribution in [1.29, 1.82) is 0 Å². The Hall–Kier alpha value is -1.51. The first-order valence-electron chi connectivity index (χ1n) is 7.88. The maximum absolute atomic E-state index is 12.0. The van der Waals surface area contributed by atoms with Crippen molar-refractivity contribution in [2.75, 3.05) is 5.73 Å². The number of nitrogen functional groups attached to an aromatic ring is 1. The summed E-state index contributed by atoms with van der Waals surface area (Å²) in [6, 6.07) is 8.18. The number of carbonyl (C=O) groups excluding carboxylic acids is 1. The second-order valence-electron chi connectivity index (χ2n) is 5.85. The molecule has 1 aliphatic carbocycles. The highest BCUT2D eigenvalue weighted by atomic mass is 16.1. The van der Waals surface area contributed by atoms with Crippen LogP contribution in [0.2, 0.25) is 0 Å². The summed E-state index contributed by atoms with van der Waals surface area (Å²) in [4.78, 5) is 12.0. The Kier molecular flexibility index (Phi) is 5.90. The molecule has 0 radical (unpaired) electrons. The predicted molar refractivity (Wildman–Crippen MR) is 83.4 cm³/mol. The maximum Gasteiger partial charge on any atom is 0.220 e. The third-order valence-corrected chi connectivity index (χ3v) is 4.09. The first-order chi connectivity index (χ1) is 9.74. The Bertz CT molecular complexity index is 406. The molecule has 0 atom stereocenters. The fourth-order valence-corrected chi connectivity index (χ4v) is 2.84. The van der Waals surface area contributed by atoms with Gasteiger partial charge in [-0.25, -0.2) is 0 Å². The molecule has 3 nitrogen and oxygen atoms in total. The summed E-state index contributed by atoms with van der Waals surface area (Å²) < 4.78 is 0. The largest absolute Gasteiger partial charge is 0.399 e. The van der Waals surface area contributed by atoms with Gasteiger partial charge in [0.2, 0.25) is 5.91 Å². The van der Waals surface area contributed by atoms with E-state index in [-0.39, 0.29) is 5.91 Å². The Balaban J connectivity index is 1.72. The molecule has 1 aliphatic rings. The zero-order chi connectivity index (χ0) is 14.2. The minimum Gasteiger partial charge on any atom is -0.399 e. The van der Waals surface area contributed by atoms with E-state index in [2.05, 4.69) is 5.32 Å². The smallest absolute Gasteiger partial charge is 0.220 e. The van der Waals surface area contributed by atoms with Gasteiger partial charge in [-0.1, -0.05) is 44.2 Å². The lowest BCUT2D eigenvalue weighted by molar-refractivity contribution is -0.121. The van der Waals surface area contributed by atoms with Crippen molar-refractivity contribution in [3.05, 3.63) is 29.8 Å². The summed E-state index contributed by atoms with van der Waals surface area (Å²) in [7, 11) is 0. The second-order valence-corrected chi connectivity index (χ2v) is 5.85. The van der Waals surface area contributed by atoms with Crippen LogP contribution in [0, 0.1) is 0 Å². The van der Waals surface area contributed by atoms with E-state index in [0.717, 1.165) is 24.9 Å². The van der Waals surface area contributed by atoms with E-state index >= 15 is 0 Å². The number of hydrogen-bond donors (Lipinski definition) is 2. The molecule has 110 valence electrons. The van der Waals surface area contributed by atoms with E-state index < -0.39 is 0 Å². The monoisotopic (exact) mass is 274 g/mol. The molecule has 0 heterocycles. The van der Waals surface area contributed by atoms with Crippen LogP contribution in [-0.2, 0) is 11.2 Å². The molecule has 0 unspecified atom stereocenters. The minimum atomic E-state index is 0.187. The van der Waals surface area contributed by atoms with Crippen LogP contribution in [-0.4, -0.2) is 11.9 Å². The topological polar surface area (TPSA) is 55.1 Å². The molecule has 0 bridgehead atoms. The number of rotatable bonds is 4. The normalized spacial score (nSPS) is 17.2. The van der Waals surface area contributed by atoms with Crippen LogP contribution in [0.3, 0.4) is 0 Å². The highest BCUT2D eigenvalue weighted by Crippen LogP contribution is 2.17. The number of aryl methyl sites for hydroxylation is 1. The Morgan fingerprint density at radius 3 is 2.30 bits per heavy atom. The molecular formula is C17H26N2O. The van der Waals surface area contributed by atoms with Gasteiger partial charge in [-0.15, -0.1) is 0 Å². The third-order valence-electron chi connectivity index (χ3n) is 4.09. The first kappa shape index (κ1) is 14.9.